The summed E-state index contributed by atoms with van der Waals surface area (Å²) in [6.45, 7) is 6.50. The number of nitrogens with two attached hydrogens (primary N) is 1. The van der Waals surface area contributed by atoms with Crippen molar-refractivity contribution >= 4 is 17.4 Å². The molecular formula is C24H35FN6O. The van der Waals surface area contributed by atoms with Gasteiger partial charge in [-0.25, -0.2) is 13.9 Å². The zero-order valence-corrected chi connectivity index (χ0v) is 19.2. The number of halogens is 1. The van der Waals surface area contributed by atoms with Gasteiger partial charge in [0.2, 0.25) is 5.91 Å². The van der Waals surface area contributed by atoms with Crippen molar-refractivity contribution in [2.45, 2.75) is 77.0 Å². The minimum atomic E-state index is -0.775. The molecule has 1 saturated carbocycles. The van der Waals surface area contributed by atoms with Crippen LogP contribution in [0, 0.1) is 18.8 Å². The second kappa shape index (κ2) is 8.61. The van der Waals surface area contributed by atoms with E-state index in [0.29, 0.717) is 19.3 Å². The smallest absolute Gasteiger partial charge is 0.226 e. The molecule has 2 aromatic heterocycles. The van der Waals surface area contributed by atoms with E-state index < -0.39 is 6.17 Å². The van der Waals surface area contributed by atoms with Gasteiger partial charge >= 0.3 is 0 Å². The highest BCUT2D eigenvalue weighted by Crippen LogP contribution is 2.37. The normalized spacial score (nSPS) is 31.4. The molecule has 3 aliphatic rings. The molecular weight excluding hydrogens is 407 g/mol. The van der Waals surface area contributed by atoms with Crippen molar-refractivity contribution in [3.63, 3.8) is 0 Å². The minimum Gasteiger partial charge on any atom is -0.355 e. The van der Waals surface area contributed by atoms with Gasteiger partial charge in [-0.15, -0.1) is 0 Å². The van der Waals surface area contributed by atoms with Crippen molar-refractivity contribution in [1.82, 2.24) is 19.5 Å². The van der Waals surface area contributed by atoms with Crippen LogP contribution in [-0.2, 0) is 4.79 Å². The van der Waals surface area contributed by atoms with Crippen LogP contribution < -0.4 is 10.6 Å². The fourth-order valence-corrected chi connectivity index (χ4v) is 5.80. The first-order valence-electron chi connectivity index (χ1n) is 12.2. The highest BCUT2D eigenvalue weighted by Gasteiger charge is 2.37. The summed E-state index contributed by atoms with van der Waals surface area (Å²) in [5, 5.41) is 4.84. The number of carbonyl (C=O) groups is 1. The summed E-state index contributed by atoms with van der Waals surface area (Å²) in [6, 6.07) is 2.21. The summed E-state index contributed by atoms with van der Waals surface area (Å²) in [4.78, 5) is 22.6. The molecule has 5 atom stereocenters. The topological polar surface area (TPSA) is 79.8 Å². The van der Waals surface area contributed by atoms with Gasteiger partial charge in [-0.2, -0.15) is 5.10 Å². The van der Waals surface area contributed by atoms with Crippen molar-refractivity contribution in [2.75, 3.05) is 24.5 Å². The first-order chi connectivity index (χ1) is 15.4. The Hall–Kier alpha value is -2.22. The summed E-state index contributed by atoms with van der Waals surface area (Å²) in [5.41, 5.74) is 8.90. The first kappa shape index (κ1) is 21.6. The Labute approximate surface area is 189 Å². The van der Waals surface area contributed by atoms with Gasteiger partial charge in [-0.05, 0) is 57.8 Å². The number of alkyl halides is 1. The lowest BCUT2D eigenvalue weighted by Crippen LogP contribution is -2.44. The monoisotopic (exact) mass is 442 g/mol. The van der Waals surface area contributed by atoms with Crippen LogP contribution >= 0.6 is 0 Å². The van der Waals surface area contributed by atoms with E-state index in [9.17, 15) is 9.18 Å². The van der Waals surface area contributed by atoms with Crippen LogP contribution in [0.5, 0.6) is 0 Å². The minimum absolute atomic E-state index is 0.0275. The zero-order chi connectivity index (χ0) is 22.4. The molecule has 2 saturated heterocycles. The van der Waals surface area contributed by atoms with Gasteiger partial charge in [-0.1, -0.05) is 6.92 Å². The third-order valence-corrected chi connectivity index (χ3v) is 7.69. The van der Waals surface area contributed by atoms with Crippen molar-refractivity contribution in [1.29, 1.82) is 0 Å². The molecule has 0 bridgehead atoms. The number of fused-ring (bicyclic) bond motifs is 1. The Balaban J connectivity index is 1.40. The Morgan fingerprint density at radius 2 is 2.03 bits per heavy atom. The Bertz CT molecular complexity index is 992. The molecule has 8 heteroatoms. The van der Waals surface area contributed by atoms with Crippen LogP contribution in [0.25, 0.3) is 5.65 Å². The summed E-state index contributed by atoms with van der Waals surface area (Å²) in [5.74, 6) is 1.05. The molecule has 5 rings (SSSR count). The van der Waals surface area contributed by atoms with E-state index >= 15 is 0 Å². The zero-order valence-electron chi connectivity index (χ0n) is 19.2. The molecule has 174 valence electrons. The van der Waals surface area contributed by atoms with Gasteiger partial charge in [0.25, 0.3) is 0 Å². The number of carbonyl (C=O) groups excluding carboxylic acids is 1. The van der Waals surface area contributed by atoms with Crippen molar-refractivity contribution < 1.29 is 9.18 Å². The molecule has 2 aromatic rings. The van der Waals surface area contributed by atoms with E-state index in [2.05, 4.69) is 11.8 Å². The molecule has 0 spiro atoms. The predicted octanol–water partition coefficient (Wildman–Crippen LogP) is 3.40. The predicted molar refractivity (Wildman–Crippen MR) is 122 cm³/mol. The van der Waals surface area contributed by atoms with Crippen LogP contribution in [0.2, 0.25) is 0 Å². The van der Waals surface area contributed by atoms with E-state index in [4.69, 9.17) is 15.8 Å². The standard InChI is InChI=1S/C24H35FN6O/c1-15-11-17(6-7-19(15)25)24(32)30-9-4-3-5-21(30)20-12-22-27-23(16(2)13-31(22)28-20)29-10-8-18(26)14-29/h12-13,15,17-19,21H,3-11,14,26H2,1-2H3/t15?,17?,18-,19?,21-/m0/s1. The molecule has 1 amide bonds. The number of aromatic nitrogens is 3. The van der Waals surface area contributed by atoms with Crippen LogP contribution in [0.3, 0.4) is 0 Å². The quantitative estimate of drug-likeness (QED) is 0.788. The maximum atomic E-state index is 14.0. The lowest BCUT2D eigenvalue weighted by atomic mass is 9.80. The third kappa shape index (κ3) is 3.98. The summed E-state index contributed by atoms with van der Waals surface area (Å²) < 4.78 is 15.8. The van der Waals surface area contributed by atoms with E-state index in [-0.39, 0.29) is 29.8 Å². The van der Waals surface area contributed by atoms with E-state index in [1.165, 1.54) is 0 Å². The molecule has 7 nitrogen and oxygen atoms in total. The number of piperidine rings is 1. The molecule has 0 radical (unpaired) electrons. The van der Waals surface area contributed by atoms with Gasteiger partial charge in [0.15, 0.2) is 5.65 Å². The van der Waals surface area contributed by atoms with Gasteiger partial charge in [0, 0.05) is 49.4 Å². The van der Waals surface area contributed by atoms with E-state index in [1.54, 1.807) is 0 Å². The third-order valence-electron chi connectivity index (χ3n) is 7.69. The Morgan fingerprint density at radius 3 is 2.78 bits per heavy atom. The molecule has 3 fully saturated rings. The second-order valence-electron chi connectivity index (χ2n) is 10.2. The average molecular weight is 443 g/mol. The molecule has 4 heterocycles. The summed E-state index contributed by atoms with van der Waals surface area (Å²) in [7, 11) is 0. The number of rotatable bonds is 3. The SMILES string of the molecule is Cc1cn2nc([C@@H]3CCCCN3C(=O)C3CCC(F)C(C)C3)cc2nc1N1CC[C@H](N)C1. The molecule has 1 aliphatic carbocycles. The number of likely N-dealkylation sites (tertiary alicyclic amines) is 1. The largest absolute Gasteiger partial charge is 0.355 e. The summed E-state index contributed by atoms with van der Waals surface area (Å²) >= 11 is 0. The molecule has 3 unspecified atom stereocenters. The molecule has 2 N–H and O–H groups in total. The van der Waals surface area contributed by atoms with Crippen LogP contribution in [0.4, 0.5) is 10.2 Å². The fourth-order valence-electron chi connectivity index (χ4n) is 5.80. The van der Waals surface area contributed by atoms with Crippen LogP contribution in [0.15, 0.2) is 12.3 Å². The second-order valence-corrected chi connectivity index (χ2v) is 10.2. The highest BCUT2D eigenvalue weighted by molar-refractivity contribution is 5.79. The number of anilines is 1. The van der Waals surface area contributed by atoms with Crippen molar-refractivity contribution in [3.05, 3.63) is 23.5 Å². The van der Waals surface area contributed by atoms with Gasteiger partial charge in [-0.3, -0.25) is 4.79 Å². The van der Waals surface area contributed by atoms with Crippen molar-refractivity contribution in [3.8, 4) is 0 Å². The fraction of sp³-hybridized carbons (Fsp3) is 0.708. The first-order valence-corrected chi connectivity index (χ1v) is 12.2. The average Bonchev–Trinajstić information content (AvgIpc) is 3.40. The van der Waals surface area contributed by atoms with Gasteiger partial charge in [0.05, 0.1) is 11.7 Å². The number of nitrogens with zero attached hydrogens (tertiary/aromatic N) is 5. The van der Waals surface area contributed by atoms with Crippen LogP contribution in [-0.4, -0.2) is 57.3 Å². The lowest BCUT2D eigenvalue weighted by Gasteiger charge is -2.39. The number of hydrogen-bond donors (Lipinski definition) is 1. The number of amides is 1. The summed E-state index contributed by atoms with van der Waals surface area (Å²) in [6.07, 6.45) is 7.05. The number of hydrogen-bond acceptors (Lipinski definition) is 5. The molecule has 0 aromatic carbocycles. The highest BCUT2D eigenvalue weighted by atomic mass is 19.1. The van der Waals surface area contributed by atoms with Gasteiger partial charge < -0.3 is 15.5 Å². The van der Waals surface area contributed by atoms with Gasteiger partial charge in [0.1, 0.15) is 12.0 Å². The Morgan fingerprint density at radius 1 is 1.19 bits per heavy atom. The van der Waals surface area contributed by atoms with E-state index in [1.807, 2.05) is 28.6 Å². The maximum absolute atomic E-state index is 14.0. The van der Waals surface area contributed by atoms with Crippen molar-refractivity contribution in [2.24, 2.45) is 17.6 Å². The van der Waals surface area contributed by atoms with Crippen LogP contribution in [0.1, 0.15) is 69.2 Å². The number of aryl methyl sites for hydroxylation is 1. The Kier molecular flexibility index (Phi) is 5.82. The molecule has 2 aliphatic heterocycles. The lowest BCUT2D eigenvalue weighted by molar-refractivity contribution is -0.141. The maximum Gasteiger partial charge on any atom is 0.226 e. The molecule has 32 heavy (non-hydrogen) atoms. The van der Waals surface area contributed by atoms with E-state index in [0.717, 1.165) is 68.0 Å².